The summed E-state index contributed by atoms with van der Waals surface area (Å²) in [6.45, 7) is 3.65. The van der Waals surface area contributed by atoms with Gasteiger partial charge in [-0.15, -0.1) is 0 Å². The Balaban J connectivity index is 1.34. The Bertz CT molecular complexity index is 623. The van der Waals surface area contributed by atoms with Crippen LogP contribution in [0.25, 0.3) is 0 Å². The van der Waals surface area contributed by atoms with Crippen molar-refractivity contribution in [3.05, 3.63) is 18.3 Å². The number of hydrogen-bond donors (Lipinski definition) is 1. The highest BCUT2D eigenvalue weighted by Crippen LogP contribution is 2.33. The molecule has 3 heterocycles. The molecule has 1 aromatic heterocycles. The van der Waals surface area contributed by atoms with E-state index in [1.807, 2.05) is 17.0 Å². The second-order valence-electron chi connectivity index (χ2n) is 6.67. The summed E-state index contributed by atoms with van der Waals surface area (Å²) in [6.07, 6.45) is 4.15. The lowest BCUT2D eigenvalue weighted by Crippen LogP contribution is -2.36. The quantitative estimate of drug-likeness (QED) is 0.886. The van der Waals surface area contributed by atoms with Gasteiger partial charge >= 0.3 is 0 Å². The average molecular weight is 330 g/mol. The summed E-state index contributed by atoms with van der Waals surface area (Å²) in [5, 5.41) is 2.89. The van der Waals surface area contributed by atoms with E-state index in [0.717, 1.165) is 31.7 Å². The highest BCUT2D eigenvalue weighted by molar-refractivity contribution is 5.97. The van der Waals surface area contributed by atoms with Crippen molar-refractivity contribution in [2.75, 3.05) is 43.1 Å². The predicted molar refractivity (Wildman–Crippen MR) is 88.7 cm³/mol. The molecule has 128 valence electrons. The maximum absolute atomic E-state index is 12.4. The zero-order chi connectivity index (χ0) is 16.5. The lowest BCUT2D eigenvalue weighted by molar-refractivity contribution is -0.128. The number of nitrogens with zero attached hydrogens (tertiary/aromatic N) is 3. The minimum atomic E-state index is -0.253. The topological polar surface area (TPSA) is 74.8 Å². The van der Waals surface area contributed by atoms with Crippen LogP contribution in [0.1, 0.15) is 19.3 Å². The summed E-state index contributed by atoms with van der Waals surface area (Å²) in [7, 11) is 0. The molecule has 2 saturated heterocycles. The molecule has 0 bridgehead atoms. The van der Waals surface area contributed by atoms with E-state index in [0.29, 0.717) is 37.9 Å². The summed E-state index contributed by atoms with van der Waals surface area (Å²) in [5.74, 6) is 0.662. The number of ether oxygens (including phenoxy) is 1. The molecule has 2 aliphatic heterocycles. The van der Waals surface area contributed by atoms with E-state index in [2.05, 4.69) is 15.2 Å². The Hall–Kier alpha value is -2.15. The number of morpholine rings is 1. The van der Waals surface area contributed by atoms with E-state index < -0.39 is 0 Å². The van der Waals surface area contributed by atoms with E-state index in [9.17, 15) is 9.59 Å². The molecule has 0 aromatic carbocycles. The number of carbonyl (C=O) groups excluding carboxylic acids is 2. The Labute approximate surface area is 141 Å². The summed E-state index contributed by atoms with van der Waals surface area (Å²) in [6, 6.07) is 4.16. The number of aromatic nitrogens is 1. The first-order chi connectivity index (χ1) is 11.7. The van der Waals surface area contributed by atoms with Crippen LogP contribution in [-0.4, -0.2) is 60.6 Å². The van der Waals surface area contributed by atoms with Gasteiger partial charge in [0, 0.05) is 32.1 Å². The van der Waals surface area contributed by atoms with Crippen molar-refractivity contribution in [3.8, 4) is 0 Å². The molecular weight excluding hydrogens is 308 g/mol. The lowest BCUT2D eigenvalue weighted by Gasteiger charge is -2.27. The van der Waals surface area contributed by atoms with Crippen LogP contribution in [0.5, 0.6) is 0 Å². The summed E-state index contributed by atoms with van der Waals surface area (Å²) < 4.78 is 5.34. The van der Waals surface area contributed by atoms with E-state index in [1.54, 1.807) is 6.20 Å². The number of amides is 2. The van der Waals surface area contributed by atoms with Gasteiger partial charge in [-0.05, 0) is 25.0 Å². The molecule has 1 saturated carbocycles. The molecule has 1 N–H and O–H groups in total. The van der Waals surface area contributed by atoms with Gasteiger partial charge in [0.2, 0.25) is 11.8 Å². The zero-order valence-electron chi connectivity index (χ0n) is 13.6. The number of hydrogen-bond acceptors (Lipinski definition) is 5. The van der Waals surface area contributed by atoms with Gasteiger partial charge in [0.25, 0.3) is 0 Å². The Morgan fingerprint density at radius 1 is 1.25 bits per heavy atom. The van der Waals surface area contributed by atoms with Crippen molar-refractivity contribution < 1.29 is 14.3 Å². The van der Waals surface area contributed by atoms with E-state index in [-0.39, 0.29) is 17.7 Å². The molecule has 7 heteroatoms. The molecule has 0 spiro atoms. The highest BCUT2D eigenvalue weighted by Gasteiger charge is 2.41. The molecule has 0 radical (unpaired) electrons. The molecule has 1 aromatic rings. The van der Waals surface area contributed by atoms with Crippen molar-refractivity contribution >= 4 is 23.3 Å². The zero-order valence-corrected chi connectivity index (χ0v) is 13.6. The minimum Gasteiger partial charge on any atom is -0.378 e. The Morgan fingerprint density at radius 3 is 2.71 bits per heavy atom. The Kier molecular flexibility index (Phi) is 4.10. The third-order valence-corrected chi connectivity index (χ3v) is 4.87. The molecule has 3 fully saturated rings. The van der Waals surface area contributed by atoms with Crippen LogP contribution < -0.4 is 10.2 Å². The van der Waals surface area contributed by atoms with Crippen LogP contribution in [0, 0.1) is 5.92 Å². The number of pyridine rings is 1. The van der Waals surface area contributed by atoms with Gasteiger partial charge in [-0.25, -0.2) is 4.98 Å². The first-order valence-corrected chi connectivity index (χ1v) is 8.60. The minimum absolute atomic E-state index is 0.0903. The maximum atomic E-state index is 12.4. The van der Waals surface area contributed by atoms with Gasteiger partial charge in [0.15, 0.2) is 0 Å². The molecular formula is C17H22N4O3. The first kappa shape index (κ1) is 15.4. The number of nitrogens with one attached hydrogen (secondary N) is 1. The highest BCUT2D eigenvalue weighted by atomic mass is 16.5. The van der Waals surface area contributed by atoms with Gasteiger partial charge in [0.1, 0.15) is 5.82 Å². The van der Waals surface area contributed by atoms with E-state index in [1.165, 1.54) is 0 Å². The van der Waals surface area contributed by atoms with Gasteiger partial charge in [-0.2, -0.15) is 0 Å². The molecule has 4 rings (SSSR count). The lowest BCUT2D eigenvalue weighted by atomic mass is 10.1. The van der Waals surface area contributed by atoms with Gasteiger partial charge < -0.3 is 19.9 Å². The van der Waals surface area contributed by atoms with Crippen molar-refractivity contribution in [2.45, 2.75) is 25.3 Å². The second kappa shape index (κ2) is 6.39. The number of rotatable bonds is 4. The van der Waals surface area contributed by atoms with Gasteiger partial charge in [0.05, 0.1) is 31.0 Å². The van der Waals surface area contributed by atoms with Crippen LogP contribution >= 0.6 is 0 Å². The first-order valence-electron chi connectivity index (χ1n) is 8.60. The Morgan fingerprint density at radius 2 is 2.04 bits per heavy atom. The summed E-state index contributed by atoms with van der Waals surface area (Å²) in [5.41, 5.74) is 0.675. The maximum Gasteiger partial charge on any atom is 0.229 e. The van der Waals surface area contributed by atoms with Crippen LogP contribution in [0.3, 0.4) is 0 Å². The normalized spacial score (nSPS) is 24.3. The average Bonchev–Trinajstić information content (AvgIpc) is 3.38. The number of likely N-dealkylation sites (tertiary alicyclic amines) is 1. The van der Waals surface area contributed by atoms with E-state index >= 15 is 0 Å². The van der Waals surface area contributed by atoms with Gasteiger partial charge in [-0.3, -0.25) is 9.59 Å². The van der Waals surface area contributed by atoms with Gasteiger partial charge in [-0.1, -0.05) is 0 Å². The fourth-order valence-electron chi connectivity index (χ4n) is 3.33. The van der Waals surface area contributed by atoms with Crippen LogP contribution in [0.15, 0.2) is 18.3 Å². The van der Waals surface area contributed by atoms with Crippen molar-refractivity contribution in [2.24, 2.45) is 5.92 Å². The van der Waals surface area contributed by atoms with Crippen molar-refractivity contribution in [1.29, 1.82) is 0 Å². The van der Waals surface area contributed by atoms with E-state index in [4.69, 9.17) is 4.74 Å². The summed E-state index contributed by atoms with van der Waals surface area (Å²) >= 11 is 0. The standard InChI is InChI=1S/C17H22N4O3/c22-16-9-12(11-21(16)14-2-3-14)17(23)19-13-1-4-15(18-10-13)20-5-7-24-8-6-20/h1,4,10,12,14H,2-3,5-9,11H2,(H,19,23). The molecule has 1 atom stereocenters. The molecule has 3 aliphatic rings. The second-order valence-corrected chi connectivity index (χ2v) is 6.67. The van der Waals surface area contributed by atoms with Crippen molar-refractivity contribution in [1.82, 2.24) is 9.88 Å². The molecule has 24 heavy (non-hydrogen) atoms. The van der Waals surface area contributed by atoms with Crippen LogP contribution in [0.2, 0.25) is 0 Å². The predicted octanol–water partition coefficient (Wildman–Crippen LogP) is 0.868. The SMILES string of the molecule is O=C(Nc1ccc(N2CCOCC2)nc1)C1CC(=O)N(C2CC2)C1. The molecule has 1 aliphatic carbocycles. The molecule has 2 amide bonds. The molecule has 7 nitrogen and oxygen atoms in total. The van der Waals surface area contributed by atoms with Crippen molar-refractivity contribution in [3.63, 3.8) is 0 Å². The smallest absolute Gasteiger partial charge is 0.229 e. The third-order valence-electron chi connectivity index (χ3n) is 4.87. The third kappa shape index (κ3) is 3.21. The monoisotopic (exact) mass is 330 g/mol. The molecule has 1 unspecified atom stereocenters. The number of anilines is 2. The van der Waals surface area contributed by atoms with Crippen LogP contribution in [-0.2, 0) is 14.3 Å². The fourth-order valence-corrected chi connectivity index (χ4v) is 3.33. The fraction of sp³-hybridized carbons (Fsp3) is 0.588. The van der Waals surface area contributed by atoms with Crippen LogP contribution in [0.4, 0.5) is 11.5 Å². The number of carbonyl (C=O) groups is 2. The largest absolute Gasteiger partial charge is 0.378 e. The summed E-state index contributed by atoms with van der Waals surface area (Å²) in [4.78, 5) is 32.8.